The zero-order valence-corrected chi connectivity index (χ0v) is 11.6. The first-order valence-electron chi connectivity index (χ1n) is 6.32. The van der Waals surface area contributed by atoms with Gasteiger partial charge in [0.25, 0.3) is 0 Å². The normalized spacial score (nSPS) is 16.1. The van der Waals surface area contributed by atoms with E-state index in [9.17, 15) is 0 Å². The summed E-state index contributed by atoms with van der Waals surface area (Å²) in [5.41, 5.74) is 1.18. The van der Waals surface area contributed by atoms with E-state index >= 15 is 0 Å². The zero-order chi connectivity index (χ0) is 12.6. The van der Waals surface area contributed by atoms with Crippen LogP contribution in [0.15, 0.2) is 24.1 Å². The Labute approximate surface area is 111 Å². The van der Waals surface area contributed by atoms with Crippen molar-refractivity contribution in [2.24, 2.45) is 0 Å². The minimum absolute atomic E-state index is 0.0905. The van der Waals surface area contributed by atoms with Crippen LogP contribution in [0.4, 0.5) is 0 Å². The average molecular weight is 262 g/mol. The van der Waals surface area contributed by atoms with Crippen LogP contribution in [0.5, 0.6) is 0 Å². The molecule has 2 aromatic rings. The first-order chi connectivity index (χ1) is 8.67. The number of imidazole rings is 1. The second kappa shape index (κ2) is 4.48. The van der Waals surface area contributed by atoms with E-state index in [0.29, 0.717) is 6.04 Å². The Bertz CT molecular complexity index is 511. The number of aromatic nitrogens is 3. The highest BCUT2D eigenvalue weighted by Crippen LogP contribution is 2.35. The number of rotatable bonds is 5. The Balaban J connectivity index is 1.68. The van der Waals surface area contributed by atoms with Crippen LogP contribution in [0.25, 0.3) is 0 Å². The van der Waals surface area contributed by atoms with E-state index in [2.05, 4.69) is 33.7 Å². The molecule has 2 heterocycles. The molecule has 1 N–H and O–H groups in total. The lowest BCUT2D eigenvalue weighted by atomic mass is 10.1. The van der Waals surface area contributed by atoms with Gasteiger partial charge in [-0.15, -0.1) is 11.3 Å². The van der Waals surface area contributed by atoms with Crippen molar-refractivity contribution in [2.75, 3.05) is 0 Å². The molecule has 18 heavy (non-hydrogen) atoms. The highest BCUT2D eigenvalue weighted by molar-refractivity contribution is 7.09. The molecule has 0 saturated heterocycles. The van der Waals surface area contributed by atoms with Gasteiger partial charge in [-0.3, -0.25) is 0 Å². The first kappa shape index (κ1) is 11.9. The summed E-state index contributed by atoms with van der Waals surface area (Å²) in [6.07, 6.45) is 8.35. The standard InChI is InChI=1S/C13H18N4S/c1-13(2,12-15-5-6-18-12)16-8-11-7-14-9-17(11)10-3-4-10/h5-7,9-10,16H,3-4,8H2,1-2H3. The molecule has 3 rings (SSSR count). The third kappa shape index (κ3) is 2.33. The maximum absolute atomic E-state index is 4.39. The predicted molar refractivity (Wildman–Crippen MR) is 72.5 cm³/mol. The molecule has 0 bridgehead atoms. The molecular weight excluding hydrogens is 244 g/mol. The van der Waals surface area contributed by atoms with Gasteiger partial charge in [0.15, 0.2) is 0 Å². The van der Waals surface area contributed by atoms with Crippen molar-refractivity contribution < 1.29 is 0 Å². The van der Waals surface area contributed by atoms with Gasteiger partial charge in [-0.1, -0.05) is 0 Å². The van der Waals surface area contributed by atoms with Gasteiger partial charge in [-0.25, -0.2) is 9.97 Å². The van der Waals surface area contributed by atoms with E-state index in [1.807, 2.05) is 24.1 Å². The Kier molecular flexibility index (Phi) is 2.95. The molecule has 96 valence electrons. The fourth-order valence-corrected chi connectivity index (χ4v) is 2.81. The summed E-state index contributed by atoms with van der Waals surface area (Å²) in [7, 11) is 0. The van der Waals surface area contributed by atoms with Crippen LogP contribution in [0.1, 0.15) is 43.4 Å². The van der Waals surface area contributed by atoms with E-state index in [4.69, 9.17) is 0 Å². The van der Waals surface area contributed by atoms with Gasteiger partial charge in [-0.05, 0) is 26.7 Å². The first-order valence-corrected chi connectivity index (χ1v) is 7.20. The van der Waals surface area contributed by atoms with Crippen LogP contribution < -0.4 is 5.32 Å². The van der Waals surface area contributed by atoms with Crippen LogP contribution in [0, 0.1) is 0 Å². The van der Waals surface area contributed by atoms with Crippen molar-refractivity contribution >= 4 is 11.3 Å². The maximum Gasteiger partial charge on any atom is 0.112 e. The van der Waals surface area contributed by atoms with E-state index in [-0.39, 0.29) is 5.54 Å². The molecule has 2 aromatic heterocycles. The second-order valence-corrected chi connectivity index (χ2v) is 6.23. The van der Waals surface area contributed by atoms with Crippen LogP contribution >= 0.6 is 11.3 Å². The molecule has 1 saturated carbocycles. The van der Waals surface area contributed by atoms with E-state index in [0.717, 1.165) is 11.6 Å². The van der Waals surface area contributed by atoms with Gasteiger partial charge in [0.2, 0.25) is 0 Å². The fraction of sp³-hybridized carbons (Fsp3) is 0.538. The quantitative estimate of drug-likeness (QED) is 0.901. The van der Waals surface area contributed by atoms with Crippen molar-refractivity contribution in [3.8, 4) is 0 Å². The van der Waals surface area contributed by atoms with Crippen molar-refractivity contribution in [2.45, 2.75) is 44.8 Å². The van der Waals surface area contributed by atoms with Crippen LogP contribution in [-0.2, 0) is 12.1 Å². The molecule has 0 radical (unpaired) electrons. The summed E-state index contributed by atoms with van der Waals surface area (Å²) in [5.74, 6) is 0. The summed E-state index contributed by atoms with van der Waals surface area (Å²) < 4.78 is 2.30. The Morgan fingerprint density at radius 1 is 1.50 bits per heavy atom. The Morgan fingerprint density at radius 2 is 2.33 bits per heavy atom. The molecular formula is C13H18N4S. The lowest BCUT2D eigenvalue weighted by Crippen LogP contribution is -2.36. The molecule has 0 unspecified atom stereocenters. The van der Waals surface area contributed by atoms with Gasteiger partial charge in [-0.2, -0.15) is 0 Å². The smallest absolute Gasteiger partial charge is 0.112 e. The number of hydrogen-bond acceptors (Lipinski definition) is 4. The molecule has 0 atom stereocenters. The van der Waals surface area contributed by atoms with E-state index in [1.165, 1.54) is 18.5 Å². The van der Waals surface area contributed by atoms with Crippen LogP contribution in [0.3, 0.4) is 0 Å². The van der Waals surface area contributed by atoms with Crippen molar-refractivity contribution in [3.63, 3.8) is 0 Å². The maximum atomic E-state index is 4.39. The second-order valence-electron chi connectivity index (χ2n) is 5.34. The fourth-order valence-electron chi connectivity index (χ4n) is 2.07. The lowest BCUT2D eigenvalue weighted by molar-refractivity contribution is 0.392. The number of hydrogen-bond donors (Lipinski definition) is 1. The van der Waals surface area contributed by atoms with Crippen LogP contribution in [0.2, 0.25) is 0 Å². The zero-order valence-electron chi connectivity index (χ0n) is 10.8. The van der Waals surface area contributed by atoms with E-state index < -0.39 is 0 Å². The van der Waals surface area contributed by atoms with Gasteiger partial charge < -0.3 is 9.88 Å². The number of nitrogens with zero attached hydrogens (tertiary/aromatic N) is 3. The molecule has 0 aromatic carbocycles. The topological polar surface area (TPSA) is 42.7 Å². The molecule has 1 aliphatic carbocycles. The highest BCUT2D eigenvalue weighted by Gasteiger charge is 2.27. The third-order valence-electron chi connectivity index (χ3n) is 3.36. The largest absolute Gasteiger partial charge is 0.330 e. The van der Waals surface area contributed by atoms with Crippen molar-refractivity contribution in [1.29, 1.82) is 0 Å². The predicted octanol–water partition coefficient (Wildman–Crippen LogP) is 2.70. The molecule has 1 aliphatic rings. The van der Waals surface area contributed by atoms with Gasteiger partial charge >= 0.3 is 0 Å². The van der Waals surface area contributed by atoms with Gasteiger partial charge in [0.1, 0.15) is 5.01 Å². The highest BCUT2D eigenvalue weighted by atomic mass is 32.1. The van der Waals surface area contributed by atoms with Crippen LogP contribution in [-0.4, -0.2) is 14.5 Å². The number of nitrogens with one attached hydrogen (secondary N) is 1. The summed E-state index contributed by atoms with van der Waals surface area (Å²) in [6, 6.07) is 0.687. The SMILES string of the molecule is CC(C)(NCc1cncn1C1CC1)c1nccs1. The summed E-state index contributed by atoms with van der Waals surface area (Å²) in [6.45, 7) is 5.18. The molecule has 0 aliphatic heterocycles. The van der Waals surface area contributed by atoms with Crippen molar-refractivity contribution in [3.05, 3.63) is 34.8 Å². The van der Waals surface area contributed by atoms with Gasteiger partial charge in [0, 0.05) is 30.4 Å². The average Bonchev–Trinajstić information content (AvgIpc) is 2.88. The molecule has 4 nitrogen and oxygen atoms in total. The molecule has 5 heteroatoms. The Hall–Kier alpha value is -1.20. The number of thiazole rings is 1. The third-order valence-corrected chi connectivity index (χ3v) is 4.46. The van der Waals surface area contributed by atoms with Gasteiger partial charge in [0.05, 0.1) is 17.6 Å². The van der Waals surface area contributed by atoms with E-state index in [1.54, 1.807) is 11.3 Å². The minimum atomic E-state index is -0.0905. The molecule has 0 amide bonds. The monoisotopic (exact) mass is 262 g/mol. The summed E-state index contributed by atoms with van der Waals surface area (Å²) >= 11 is 1.69. The molecule has 1 fully saturated rings. The minimum Gasteiger partial charge on any atom is -0.330 e. The van der Waals surface area contributed by atoms with Crippen molar-refractivity contribution in [1.82, 2.24) is 19.9 Å². The lowest BCUT2D eigenvalue weighted by Gasteiger charge is -2.24. The molecule has 0 spiro atoms. The summed E-state index contributed by atoms with van der Waals surface area (Å²) in [5, 5.41) is 6.72. The summed E-state index contributed by atoms with van der Waals surface area (Å²) in [4.78, 5) is 8.65. The Morgan fingerprint density at radius 3 is 3.00 bits per heavy atom.